The Labute approximate surface area is 109 Å². The van der Waals surface area contributed by atoms with E-state index in [1.165, 1.54) is 20.9 Å². The van der Waals surface area contributed by atoms with Gasteiger partial charge in [-0.15, -0.1) is 11.3 Å². The summed E-state index contributed by atoms with van der Waals surface area (Å²) in [6, 6.07) is 8.39. The lowest BCUT2D eigenvalue weighted by molar-refractivity contribution is 0.145. The SMILES string of the molecule is Cc1cc(-c2ccc3c(c2)CN(C(=O)O)C3)cs1. The van der Waals surface area contributed by atoms with Crippen LogP contribution in [0.25, 0.3) is 11.1 Å². The lowest BCUT2D eigenvalue weighted by Crippen LogP contribution is -2.22. The molecular weight excluding hydrogens is 246 g/mol. The number of hydrogen-bond acceptors (Lipinski definition) is 2. The number of hydrogen-bond donors (Lipinski definition) is 1. The summed E-state index contributed by atoms with van der Waals surface area (Å²) in [6.45, 7) is 3.10. The largest absolute Gasteiger partial charge is 0.465 e. The van der Waals surface area contributed by atoms with E-state index in [-0.39, 0.29) is 0 Å². The number of amides is 1. The van der Waals surface area contributed by atoms with Gasteiger partial charge in [0.2, 0.25) is 0 Å². The molecule has 1 aromatic heterocycles. The molecule has 2 aromatic rings. The number of carboxylic acid groups (broad SMARTS) is 1. The molecular formula is C14H13NO2S. The molecule has 0 bridgehead atoms. The minimum absolute atomic E-state index is 0.502. The molecule has 0 saturated heterocycles. The van der Waals surface area contributed by atoms with Crippen molar-refractivity contribution in [2.45, 2.75) is 20.0 Å². The highest BCUT2D eigenvalue weighted by Gasteiger charge is 2.22. The fourth-order valence-corrected chi connectivity index (χ4v) is 3.02. The van der Waals surface area contributed by atoms with E-state index < -0.39 is 6.09 Å². The van der Waals surface area contributed by atoms with E-state index in [0.717, 1.165) is 11.1 Å². The third-order valence-corrected chi connectivity index (χ3v) is 4.12. The Morgan fingerprint density at radius 1 is 1.22 bits per heavy atom. The quantitative estimate of drug-likeness (QED) is 0.848. The van der Waals surface area contributed by atoms with Crippen LogP contribution in [-0.4, -0.2) is 16.1 Å². The molecule has 18 heavy (non-hydrogen) atoms. The second-order valence-corrected chi connectivity index (χ2v) is 5.68. The fourth-order valence-electron chi connectivity index (χ4n) is 2.30. The van der Waals surface area contributed by atoms with Crippen LogP contribution in [0.5, 0.6) is 0 Å². The van der Waals surface area contributed by atoms with Crippen molar-refractivity contribution in [2.75, 3.05) is 0 Å². The third kappa shape index (κ3) is 1.88. The molecule has 92 valence electrons. The maximum atomic E-state index is 11.0. The Bertz CT molecular complexity index is 618. The van der Waals surface area contributed by atoms with Gasteiger partial charge in [-0.25, -0.2) is 4.79 Å². The summed E-state index contributed by atoms with van der Waals surface area (Å²) in [6.07, 6.45) is -0.848. The lowest BCUT2D eigenvalue weighted by Gasteiger charge is -2.08. The van der Waals surface area contributed by atoms with Gasteiger partial charge in [-0.05, 0) is 46.7 Å². The monoisotopic (exact) mass is 259 g/mol. The van der Waals surface area contributed by atoms with E-state index in [9.17, 15) is 4.79 Å². The van der Waals surface area contributed by atoms with Gasteiger partial charge in [-0.1, -0.05) is 12.1 Å². The van der Waals surface area contributed by atoms with E-state index in [4.69, 9.17) is 5.11 Å². The van der Waals surface area contributed by atoms with Crippen LogP contribution in [-0.2, 0) is 13.1 Å². The van der Waals surface area contributed by atoms with Gasteiger partial charge in [0.15, 0.2) is 0 Å². The molecule has 0 fully saturated rings. The minimum atomic E-state index is -0.848. The fraction of sp³-hybridized carbons (Fsp3) is 0.214. The zero-order valence-corrected chi connectivity index (χ0v) is 10.8. The van der Waals surface area contributed by atoms with Crippen molar-refractivity contribution in [3.63, 3.8) is 0 Å². The van der Waals surface area contributed by atoms with Gasteiger partial charge in [0.1, 0.15) is 0 Å². The van der Waals surface area contributed by atoms with E-state index >= 15 is 0 Å². The summed E-state index contributed by atoms with van der Waals surface area (Å²) in [7, 11) is 0. The highest BCUT2D eigenvalue weighted by molar-refractivity contribution is 7.10. The van der Waals surface area contributed by atoms with Crippen LogP contribution in [0.4, 0.5) is 4.79 Å². The summed E-state index contributed by atoms with van der Waals surface area (Å²) in [4.78, 5) is 13.7. The number of nitrogens with zero attached hydrogens (tertiary/aromatic N) is 1. The molecule has 0 radical (unpaired) electrons. The zero-order valence-electron chi connectivity index (χ0n) is 10.0. The number of thiophene rings is 1. The standard InChI is InChI=1S/C14H13NO2S/c1-9-4-13(8-18-9)10-2-3-11-6-15(14(16)17)7-12(11)5-10/h2-5,8H,6-7H2,1H3,(H,16,17). The van der Waals surface area contributed by atoms with Gasteiger partial charge in [0.25, 0.3) is 0 Å². The number of carbonyl (C=O) groups is 1. The zero-order chi connectivity index (χ0) is 12.7. The average Bonchev–Trinajstić information content (AvgIpc) is 2.93. The molecule has 1 aromatic carbocycles. The molecule has 1 amide bonds. The molecule has 0 unspecified atom stereocenters. The highest BCUT2D eigenvalue weighted by atomic mass is 32.1. The summed E-state index contributed by atoms with van der Waals surface area (Å²) in [5, 5.41) is 11.1. The predicted molar refractivity (Wildman–Crippen MR) is 71.8 cm³/mol. The molecule has 1 N–H and O–H groups in total. The average molecular weight is 259 g/mol. The molecule has 3 nitrogen and oxygen atoms in total. The van der Waals surface area contributed by atoms with Crippen LogP contribution >= 0.6 is 11.3 Å². The first kappa shape index (κ1) is 11.3. The van der Waals surface area contributed by atoms with Crippen LogP contribution in [0.1, 0.15) is 16.0 Å². The smallest absolute Gasteiger partial charge is 0.407 e. The number of rotatable bonds is 1. The van der Waals surface area contributed by atoms with Gasteiger partial charge in [-0.3, -0.25) is 4.90 Å². The molecule has 0 saturated carbocycles. The van der Waals surface area contributed by atoms with Crippen LogP contribution in [0.15, 0.2) is 29.6 Å². The Balaban J connectivity index is 1.94. The van der Waals surface area contributed by atoms with Gasteiger partial charge in [0, 0.05) is 18.0 Å². The second-order valence-electron chi connectivity index (χ2n) is 4.57. The van der Waals surface area contributed by atoms with Crippen molar-refractivity contribution in [2.24, 2.45) is 0 Å². The molecule has 0 spiro atoms. The molecule has 0 atom stereocenters. The summed E-state index contributed by atoms with van der Waals surface area (Å²) in [5.74, 6) is 0. The predicted octanol–water partition coefficient (Wildman–Crippen LogP) is 3.72. The molecule has 4 heteroatoms. The van der Waals surface area contributed by atoms with E-state index in [0.29, 0.717) is 13.1 Å². The molecule has 1 aliphatic heterocycles. The van der Waals surface area contributed by atoms with Crippen molar-refractivity contribution in [1.82, 2.24) is 4.90 Å². The lowest BCUT2D eigenvalue weighted by atomic mass is 10.0. The van der Waals surface area contributed by atoms with E-state index in [1.807, 2.05) is 6.07 Å². The molecule has 1 aliphatic rings. The maximum absolute atomic E-state index is 11.0. The topological polar surface area (TPSA) is 40.5 Å². The number of benzene rings is 1. The first-order chi connectivity index (χ1) is 8.63. The van der Waals surface area contributed by atoms with E-state index in [2.05, 4.69) is 30.5 Å². The second kappa shape index (κ2) is 4.14. The molecule has 0 aliphatic carbocycles. The van der Waals surface area contributed by atoms with Crippen molar-refractivity contribution in [1.29, 1.82) is 0 Å². The Hall–Kier alpha value is -1.81. The first-order valence-corrected chi connectivity index (χ1v) is 6.66. The summed E-state index contributed by atoms with van der Waals surface area (Å²) < 4.78 is 0. The summed E-state index contributed by atoms with van der Waals surface area (Å²) in [5.41, 5.74) is 4.63. The molecule has 2 heterocycles. The van der Waals surface area contributed by atoms with Gasteiger partial charge in [0.05, 0.1) is 0 Å². The third-order valence-electron chi connectivity index (χ3n) is 3.26. The molecule has 3 rings (SSSR count). The first-order valence-electron chi connectivity index (χ1n) is 5.78. The van der Waals surface area contributed by atoms with Gasteiger partial charge in [-0.2, -0.15) is 0 Å². The van der Waals surface area contributed by atoms with Crippen molar-refractivity contribution < 1.29 is 9.90 Å². The van der Waals surface area contributed by atoms with Crippen molar-refractivity contribution in [3.8, 4) is 11.1 Å². The van der Waals surface area contributed by atoms with Gasteiger partial charge >= 0.3 is 6.09 Å². The van der Waals surface area contributed by atoms with Crippen molar-refractivity contribution >= 4 is 17.4 Å². The maximum Gasteiger partial charge on any atom is 0.407 e. The Morgan fingerprint density at radius 3 is 2.67 bits per heavy atom. The van der Waals surface area contributed by atoms with Crippen LogP contribution in [0.2, 0.25) is 0 Å². The Kier molecular flexibility index (Phi) is 2.59. The Morgan fingerprint density at radius 2 is 2.00 bits per heavy atom. The van der Waals surface area contributed by atoms with Crippen LogP contribution < -0.4 is 0 Å². The van der Waals surface area contributed by atoms with Crippen molar-refractivity contribution in [3.05, 3.63) is 45.6 Å². The summed E-state index contributed by atoms with van der Waals surface area (Å²) >= 11 is 1.73. The number of aryl methyl sites for hydroxylation is 1. The number of fused-ring (bicyclic) bond motifs is 1. The van der Waals surface area contributed by atoms with Gasteiger partial charge < -0.3 is 5.11 Å². The van der Waals surface area contributed by atoms with Crippen LogP contribution in [0, 0.1) is 6.92 Å². The van der Waals surface area contributed by atoms with E-state index in [1.54, 1.807) is 11.3 Å². The van der Waals surface area contributed by atoms with Crippen LogP contribution in [0.3, 0.4) is 0 Å². The highest BCUT2D eigenvalue weighted by Crippen LogP contribution is 2.30. The minimum Gasteiger partial charge on any atom is -0.465 e. The normalized spacial score (nSPS) is 13.7.